The third kappa shape index (κ3) is 3.88. The van der Waals surface area contributed by atoms with Gasteiger partial charge in [0, 0.05) is 18.0 Å². The summed E-state index contributed by atoms with van der Waals surface area (Å²) >= 11 is 1.45. The van der Waals surface area contributed by atoms with Crippen molar-refractivity contribution in [3.8, 4) is 0 Å². The molecule has 21 heavy (non-hydrogen) atoms. The van der Waals surface area contributed by atoms with Crippen LogP contribution in [0.4, 0.5) is 10.8 Å². The van der Waals surface area contributed by atoms with E-state index >= 15 is 0 Å². The van der Waals surface area contributed by atoms with Crippen molar-refractivity contribution < 1.29 is 9.59 Å². The van der Waals surface area contributed by atoms with E-state index in [1.54, 1.807) is 30.5 Å². The molecule has 1 aromatic carbocycles. The molecule has 2 rings (SSSR count). The monoisotopic (exact) mass is 303 g/mol. The minimum Gasteiger partial charge on any atom is -0.326 e. The van der Waals surface area contributed by atoms with Gasteiger partial charge in [-0.3, -0.25) is 14.9 Å². The fraction of sp³-hybridized carbons (Fsp3) is 0.267. The summed E-state index contributed by atoms with van der Waals surface area (Å²) in [5, 5.41) is 5.97. The van der Waals surface area contributed by atoms with Crippen LogP contribution in [0.1, 0.15) is 41.9 Å². The first-order chi connectivity index (χ1) is 9.97. The predicted molar refractivity (Wildman–Crippen MR) is 84.9 cm³/mol. The number of anilines is 2. The average Bonchev–Trinajstić information content (AvgIpc) is 2.87. The van der Waals surface area contributed by atoms with Crippen LogP contribution in [0.25, 0.3) is 0 Å². The number of rotatable bonds is 4. The lowest BCUT2D eigenvalue weighted by molar-refractivity contribution is -0.114. The minimum absolute atomic E-state index is 0.216. The van der Waals surface area contributed by atoms with Crippen LogP contribution >= 0.6 is 11.3 Å². The number of amides is 2. The lowest BCUT2D eigenvalue weighted by atomic mass is 10.1. The van der Waals surface area contributed by atoms with Crippen molar-refractivity contribution in [1.29, 1.82) is 0 Å². The van der Waals surface area contributed by atoms with Gasteiger partial charge in [-0.2, -0.15) is 0 Å². The van der Waals surface area contributed by atoms with E-state index in [2.05, 4.69) is 29.5 Å². The molecular formula is C15H17N3O2S. The zero-order chi connectivity index (χ0) is 15.4. The largest absolute Gasteiger partial charge is 0.326 e. The van der Waals surface area contributed by atoms with E-state index in [0.717, 1.165) is 4.88 Å². The number of carbonyl (C=O) groups excluding carboxylic acids is 2. The van der Waals surface area contributed by atoms with E-state index < -0.39 is 0 Å². The number of thiazole rings is 1. The predicted octanol–water partition coefficient (Wildman–Crippen LogP) is 3.48. The van der Waals surface area contributed by atoms with Crippen molar-refractivity contribution in [1.82, 2.24) is 4.98 Å². The fourth-order valence-corrected chi connectivity index (χ4v) is 2.57. The standard InChI is InChI=1S/C15H17N3O2S/c1-9(2)13-8-16-15(21-13)18-14(20)11-6-4-5-7-12(11)17-10(3)19/h4-9H,1-3H3,(H,17,19)(H,16,18,20). The number of benzene rings is 1. The number of aromatic nitrogens is 1. The average molecular weight is 303 g/mol. The second kappa shape index (κ2) is 6.49. The Labute approximate surface area is 127 Å². The Bertz CT molecular complexity index is 664. The number of para-hydroxylation sites is 1. The summed E-state index contributed by atoms with van der Waals surface area (Å²) in [7, 11) is 0. The normalized spacial score (nSPS) is 10.5. The minimum atomic E-state index is -0.288. The Morgan fingerprint density at radius 2 is 1.90 bits per heavy atom. The first-order valence-corrected chi connectivity index (χ1v) is 7.42. The number of hydrogen-bond acceptors (Lipinski definition) is 4. The van der Waals surface area contributed by atoms with E-state index in [0.29, 0.717) is 22.3 Å². The van der Waals surface area contributed by atoms with E-state index in [1.165, 1.54) is 18.3 Å². The van der Waals surface area contributed by atoms with Crippen LogP contribution < -0.4 is 10.6 Å². The highest BCUT2D eigenvalue weighted by molar-refractivity contribution is 7.15. The van der Waals surface area contributed by atoms with Crippen molar-refractivity contribution in [2.24, 2.45) is 0 Å². The van der Waals surface area contributed by atoms with E-state index in [1.807, 2.05) is 0 Å². The molecular weight excluding hydrogens is 286 g/mol. The van der Waals surface area contributed by atoms with Gasteiger partial charge in [0.25, 0.3) is 5.91 Å². The lowest BCUT2D eigenvalue weighted by Gasteiger charge is -2.08. The molecule has 0 saturated heterocycles. The maximum atomic E-state index is 12.3. The molecule has 2 amide bonds. The second-order valence-corrected chi connectivity index (χ2v) is 5.97. The van der Waals surface area contributed by atoms with Gasteiger partial charge >= 0.3 is 0 Å². The third-order valence-corrected chi connectivity index (χ3v) is 4.01. The highest BCUT2D eigenvalue weighted by Gasteiger charge is 2.14. The highest BCUT2D eigenvalue weighted by atomic mass is 32.1. The molecule has 1 aromatic heterocycles. The zero-order valence-electron chi connectivity index (χ0n) is 12.1. The molecule has 0 fully saturated rings. The van der Waals surface area contributed by atoms with Crippen molar-refractivity contribution in [2.45, 2.75) is 26.7 Å². The molecule has 0 bridgehead atoms. The van der Waals surface area contributed by atoms with Gasteiger partial charge in [-0.05, 0) is 18.1 Å². The zero-order valence-corrected chi connectivity index (χ0v) is 13.0. The maximum Gasteiger partial charge on any atom is 0.259 e. The number of carbonyl (C=O) groups is 2. The lowest BCUT2D eigenvalue weighted by Crippen LogP contribution is -2.16. The third-order valence-electron chi connectivity index (χ3n) is 2.80. The fourth-order valence-electron chi connectivity index (χ4n) is 1.76. The van der Waals surface area contributed by atoms with Crippen molar-refractivity contribution >= 4 is 34.0 Å². The molecule has 110 valence electrons. The molecule has 6 heteroatoms. The Morgan fingerprint density at radius 1 is 1.19 bits per heavy atom. The van der Waals surface area contributed by atoms with Gasteiger partial charge in [0.15, 0.2) is 5.13 Å². The summed E-state index contributed by atoms with van der Waals surface area (Å²) in [6, 6.07) is 6.87. The SMILES string of the molecule is CC(=O)Nc1ccccc1C(=O)Nc1ncc(C(C)C)s1. The molecule has 0 aliphatic heterocycles. The molecule has 1 heterocycles. The molecule has 0 unspecified atom stereocenters. The van der Waals surface area contributed by atoms with Gasteiger partial charge in [-0.1, -0.05) is 26.0 Å². The van der Waals surface area contributed by atoms with Crippen LogP contribution in [0.5, 0.6) is 0 Å². The molecule has 2 N–H and O–H groups in total. The summed E-state index contributed by atoms with van der Waals surface area (Å²) < 4.78 is 0. The number of hydrogen-bond donors (Lipinski definition) is 2. The van der Waals surface area contributed by atoms with Crippen LogP contribution in [0.3, 0.4) is 0 Å². The number of nitrogens with zero attached hydrogens (tertiary/aromatic N) is 1. The smallest absolute Gasteiger partial charge is 0.259 e. The summed E-state index contributed by atoms with van der Waals surface area (Å²) in [4.78, 5) is 28.8. The van der Waals surface area contributed by atoms with Gasteiger partial charge in [0.1, 0.15) is 0 Å². The van der Waals surface area contributed by atoms with E-state index in [4.69, 9.17) is 0 Å². The van der Waals surface area contributed by atoms with E-state index in [-0.39, 0.29) is 11.8 Å². The Hall–Kier alpha value is -2.21. The second-order valence-electron chi connectivity index (χ2n) is 4.90. The van der Waals surface area contributed by atoms with Crippen molar-refractivity contribution in [3.63, 3.8) is 0 Å². The van der Waals surface area contributed by atoms with Crippen LogP contribution in [-0.4, -0.2) is 16.8 Å². The van der Waals surface area contributed by atoms with E-state index in [9.17, 15) is 9.59 Å². The topological polar surface area (TPSA) is 71.1 Å². The molecule has 2 aromatic rings. The van der Waals surface area contributed by atoms with Gasteiger partial charge in [0.2, 0.25) is 5.91 Å². The van der Waals surface area contributed by atoms with Gasteiger partial charge in [0.05, 0.1) is 11.3 Å². The first kappa shape index (κ1) is 15.2. The summed E-state index contributed by atoms with van der Waals surface area (Å²) in [5.74, 6) is -0.129. The van der Waals surface area contributed by atoms with Crippen LogP contribution in [0.15, 0.2) is 30.5 Å². The molecule has 0 aliphatic carbocycles. The van der Waals surface area contributed by atoms with Crippen LogP contribution in [-0.2, 0) is 4.79 Å². The van der Waals surface area contributed by atoms with Crippen LogP contribution in [0, 0.1) is 0 Å². The van der Waals surface area contributed by atoms with Crippen molar-refractivity contribution in [3.05, 3.63) is 40.9 Å². The summed E-state index contributed by atoms with van der Waals surface area (Å²) in [5.41, 5.74) is 0.900. The summed E-state index contributed by atoms with van der Waals surface area (Å²) in [6.07, 6.45) is 1.77. The van der Waals surface area contributed by atoms with Gasteiger partial charge < -0.3 is 5.32 Å². The maximum absolute atomic E-state index is 12.3. The highest BCUT2D eigenvalue weighted by Crippen LogP contribution is 2.26. The Balaban J connectivity index is 2.18. The Morgan fingerprint density at radius 3 is 2.52 bits per heavy atom. The number of nitrogens with one attached hydrogen (secondary N) is 2. The van der Waals surface area contributed by atoms with Gasteiger partial charge in [-0.25, -0.2) is 4.98 Å². The molecule has 5 nitrogen and oxygen atoms in total. The Kier molecular flexibility index (Phi) is 4.70. The molecule has 0 aliphatic rings. The molecule has 0 radical (unpaired) electrons. The molecule has 0 saturated carbocycles. The quantitative estimate of drug-likeness (QED) is 0.908. The summed E-state index contributed by atoms with van der Waals surface area (Å²) in [6.45, 7) is 5.56. The molecule has 0 atom stereocenters. The van der Waals surface area contributed by atoms with Crippen molar-refractivity contribution in [2.75, 3.05) is 10.6 Å². The van der Waals surface area contributed by atoms with Gasteiger partial charge in [-0.15, -0.1) is 11.3 Å². The van der Waals surface area contributed by atoms with Crippen LogP contribution in [0.2, 0.25) is 0 Å². The molecule has 0 spiro atoms. The first-order valence-electron chi connectivity index (χ1n) is 6.61.